The molecule has 0 saturated carbocycles. The van der Waals surface area contributed by atoms with E-state index in [9.17, 15) is 0 Å². The van der Waals surface area contributed by atoms with Crippen molar-refractivity contribution < 1.29 is 0 Å². The maximum atomic E-state index is 4.31. The molecule has 1 aliphatic rings. The van der Waals surface area contributed by atoms with E-state index in [-0.39, 0.29) is 9.16 Å². The van der Waals surface area contributed by atoms with Gasteiger partial charge in [-0.2, -0.15) is 74.0 Å². The maximum absolute atomic E-state index is 4.31. The summed E-state index contributed by atoms with van der Waals surface area (Å²) in [5, 5.41) is 1.14. The second-order valence-electron chi connectivity index (χ2n) is 2.57. The third-order valence-corrected chi connectivity index (χ3v) is 7.12. The van der Waals surface area contributed by atoms with Crippen LogP contribution >= 0.6 is 74.0 Å². The Kier molecular flexibility index (Phi) is 5.94. The predicted molar refractivity (Wildman–Crippen MR) is 76.0 cm³/mol. The zero-order valence-electron chi connectivity index (χ0n) is 6.33. The molecule has 72 valence electrons. The number of thioether (sulfide) groups is 2. The monoisotopic (exact) mass is 276 g/mol. The van der Waals surface area contributed by atoms with E-state index in [1.165, 1.54) is 0 Å². The van der Waals surface area contributed by atoms with Gasteiger partial charge in [0.15, 0.2) is 0 Å². The summed E-state index contributed by atoms with van der Waals surface area (Å²) in [6.07, 6.45) is 0. The van der Waals surface area contributed by atoms with Gasteiger partial charge in [0.05, 0.1) is 9.16 Å². The molecule has 2 atom stereocenters. The Morgan fingerprint density at radius 3 is 1.33 bits per heavy atom. The van der Waals surface area contributed by atoms with Crippen molar-refractivity contribution in [1.29, 1.82) is 0 Å². The Labute approximate surface area is 104 Å². The van der Waals surface area contributed by atoms with Crippen LogP contribution in [0.5, 0.6) is 0 Å². The zero-order valence-corrected chi connectivity index (χ0v) is 11.5. The molecular formula is C6H12S6. The summed E-state index contributed by atoms with van der Waals surface area (Å²) in [6, 6.07) is 0. The number of rotatable bonds is 2. The van der Waals surface area contributed by atoms with Crippen molar-refractivity contribution in [3.63, 3.8) is 0 Å². The molecule has 0 aliphatic carbocycles. The molecule has 12 heavy (non-hydrogen) atoms. The van der Waals surface area contributed by atoms with Crippen molar-refractivity contribution in [2.24, 2.45) is 0 Å². The largest absolute Gasteiger partial charge is 0.164 e. The van der Waals surface area contributed by atoms with Crippen molar-refractivity contribution in [3.8, 4) is 0 Å². The fourth-order valence-electron chi connectivity index (χ4n) is 0.877. The highest BCUT2D eigenvalue weighted by Gasteiger charge is 2.27. The Hall–Kier alpha value is 2.10. The van der Waals surface area contributed by atoms with Crippen LogP contribution in [0.25, 0.3) is 0 Å². The molecule has 0 radical (unpaired) electrons. The highest BCUT2D eigenvalue weighted by molar-refractivity contribution is 8.10. The van der Waals surface area contributed by atoms with Gasteiger partial charge < -0.3 is 0 Å². The molecule has 6 heteroatoms. The molecule has 1 aliphatic heterocycles. The molecule has 0 aromatic carbocycles. The highest BCUT2D eigenvalue weighted by atomic mass is 32.2. The van der Waals surface area contributed by atoms with E-state index in [1.807, 2.05) is 23.5 Å². The molecule has 1 fully saturated rings. The van der Waals surface area contributed by atoms with E-state index in [0.717, 1.165) is 11.5 Å². The minimum Gasteiger partial charge on any atom is -0.164 e. The lowest BCUT2D eigenvalue weighted by molar-refractivity contribution is 1.02. The van der Waals surface area contributed by atoms with Crippen molar-refractivity contribution in [2.75, 3.05) is 11.5 Å². The van der Waals surface area contributed by atoms with Gasteiger partial charge in [0.25, 0.3) is 0 Å². The van der Waals surface area contributed by atoms with E-state index in [0.29, 0.717) is 10.5 Å². The first-order valence-electron chi connectivity index (χ1n) is 3.56. The van der Waals surface area contributed by atoms with Crippen molar-refractivity contribution >= 4 is 74.0 Å². The molecule has 0 N–H and O–H groups in total. The van der Waals surface area contributed by atoms with Gasteiger partial charge in [0.1, 0.15) is 0 Å². The lowest BCUT2D eigenvalue weighted by Gasteiger charge is -2.30. The molecule has 2 unspecified atom stereocenters. The molecule has 0 bridgehead atoms. The van der Waals surface area contributed by atoms with Crippen molar-refractivity contribution in [3.05, 3.63) is 0 Å². The van der Waals surface area contributed by atoms with Gasteiger partial charge >= 0.3 is 0 Å². The average molecular weight is 277 g/mol. The molecule has 1 heterocycles. The minimum absolute atomic E-state index is 0.196. The van der Waals surface area contributed by atoms with Gasteiger partial charge in [-0.3, -0.25) is 0 Å². The lowest BCUT2D eigenvalue weighted by atomic mass is 10.5. The average Bonchev–Trinajstić information content (AvgIpc) is 2.04. The van der Waals surface area contributed by atoms with Crippen LogP contribution in [0.3, 0.4) is 0 Å². The SMILES string of the molecule is SC(S)C1CSC(C(S)S)CS1. The number of hydrogen-bond donors (Lipinski definition) is 4. The van der Waals surface area contributed by atoms with Crippen LogP contribution in [0, 0.1) is 0 Å². The van der Waals surface area contributed by atoms with Crippen LogP contribution in [0.15, 0.2) is 0 Å². The maximum Gasteiger partial charge on any atom is 0.0568 e. The van der Waals surface area contributed by atoms with Crippen molar-refractivity contribution in [2.45, 2.75) is 19.7 Å². The van der Waals surface area contributed by atoms with Crippen LogP contribution in [-0.2, 0) is 0 Å². The first kappa shape index (κ1) is 12.2. The molecule has 1 rings (SSSR count). The third-order valence-electron chi connectivity index (χ3n) is 1.61. The Morgan fingerprint density at radius 1 is 0.833 bits per heavy atom. The zero-order chi connectivity index (χ0) is 9.14. The second kappa shape index (κ2) is 5.85. The van der Waals surface area contributed by atoms with Crippen LogP contribution in [0.4, 0.5) is 0 Å². The smallest absolute Gasteiger partial charge is 0.0568 e. The fraction of sp³-hybridized carbons (Fsp3) is 1.00. The van der Waals surface area contributed by atoms with Gasteiger partial charge in [-0.05, 0) is 0 Å². The molecular weight excluding hydrogens is 264 g/mol. The summed E-state index contributed by atoms with van der Waals surface area (Å²) in [7, 11) is 0. The van der Waals surface area contributed by atoms with Crippen LogP contribution < -0.4 is 0 Å². The van der Waals surface area contributed by atoms with E-state index < -0.39 is 0 Å². The topological polar surface area (TPSA) is 0 Å². The van der Waals surface area contributed by atoms with Crippen LogP contribution in [-0.4, -0.2) is 31.2 Å². The van der Waals surface area contributed by atoms with Crippen LogP contribution in [0.2, 0.25) is 0 Å². The summed E-state index contributed by atoms with van der Waals surface area (Å²) in [4.78, 5) is 0. The van der Waals surface area contributed by atoms with Gasteiger partial charge in [-0.25, -0.2) is 0 Å². The van der Waals surface area contributed by atoms with E-state index >= 15 is 0 Å². The molecule has 0 amide bonds. The van der Waals surface area contributed by atoms with E-state index in [2.05, 4.69) is 50.5 Å². The first-order valence-corrected chi connectivity index (χ1v) is 7.73. The highest BCUT2D eigenvalue weighted by Crippen LogP contribution is 2.37. The number of hydrogen-bond acceptors (Lipinski definition) is 6. The Morgan fingerprint density at radius 2 is 1.17 bits per heavy atom. The summed E-state index contributed by atoms with van der Waals surface area (Å²) < 4.78 is 0.392. The standard InChI is InChI=1S/C6H12S6/c7-5(8)3-1-11-4(2-12-3)6(9)10/h3-10H,1-2H2. The summed E-state index contributed by atoms with van der Waals surface area (Å²) >= 11 is 21.1. The molecule has 0 nitrogen and oxygen atoms in total. The molecule has 0 aromatic heterocycles. The minimum atomic E-state index is 0.196. The molecule has 0 spiro atoms. The van der Waals surface area contributed by atoms with Gasteiger partial charge in [-0.15, -0.1) is 0 Å². The van der Waals surface area contributed by atoms with E-state index in [4.69, 9.17) is 0 Å². The predicted octanol–water partition coefficient (Wildman–Crippen LogP) is 2.58. The Bertz CT molecular complexity index is 112. The second-order valence-corrected chi connectivity index (χ2v) is 8.16. The van der Waals surface area contributed by atoms with Gasteiger partial charge in [0.2, 0.25) is 0 Å². The normalized spacial score (nSPS) is 31.5. The van der Waals surface area contributed by atoms with Gasteiger partial charge in [0, 0.05) is 22.0 Å². The fourth-order valence-corrected chi connectivity index (χ4v) is 5.75. The third kappa shape index (κ3) is 3.69. The quantitative estimate of drug-likeness (QED) is 0.452. The molecule has 0 aromatic rings. The van der Waals surface area contributed by atoms with Crippen molar-refractivity contribution in [1.82, 2.24) is 0 Å². The summed E-state index contributed by atoms with van der Waals surface area (Å²) in [5.41, 5.74) is 0. The first-order chi connectivity index (χ1) is 5.61. The van der Waals surface area contributed by atoms with E-state index in [1.54, 1.807) is 0 Å². The Balaban J connectivity index is 2.30. The summed E-state index contributed by atoms with van der Waals surface area (Å²) in [6.45, 7) is 0. The summed E-state index contributed by atoms with van der Waals surface area (Å²) in [5.74, 6) is 2.23. The van der Waals surface area contributed by atoms with Gasteiger partial charge in [-0.1, -0.05) is 0 Å². The number of thiol groups is 4. The molecule has 1 saturated heterocycles. The van der Waals surface area contributed by atoms with Crippen LogP contribution in [0.1, 0.15) is 0 Å². The lowest BCUT2D eigenvalue weighted by Crippen LogP contribution is -2.29.